The largest absolute Gasteiger partial charge is 0.468 e. The molecule has 0 bridgehead atoms. The lowest BCUT2D eigenvalue weighted by atomic mass is 10.0. The summed E-state index contributed by atoms with van der Waals surface area (Å²) in [6.07, 6.45) is 2.04. The average molecular weight is 439 g/mol. The van der Waals surface area contributed by atoms with E-state index in [-0.39, 0.29) is 36.1 Å². The van der Waals surface area contributed by atoms with E-state index in [2.05, 4.69) is 77.8 Å². The second-order valence-electron chi connectivity index (χ2n) is 8.95. The number of methoxy groups -OCH3 is 1. The van der Waals surface area contributed by atoms with Gasteiger partial charge in [0.15, 0.2) is 0 Å². The van der Waals surface area contributed by atoms with Crippen LogP contribution in [0.4, 0.5) is 0 Å². The third-order valence-electron chi connectivity index (χ3n) is 6.40. The molecule has 0 amide bonds. The molecular formula is C27H38N2O3. The fourth-order valence-electron chi connectivity index (χ4n) is 4.76. The molecule has 0 aromatic heterocycles. The molecule has 174 valence electrons. The van der Waals surface area contributed by atoms with E-state index in [4.69, 9.17) is 9.47 Å². The summed E-state index contributed by atoms with van der Waals surface area (Å²) in [5.74, 6) is -0.0379. The first-order valence-electron chi connectivity index (χ1n) is 11.8. The Balaban J connectivity index is 1.83. The Morgan fingerprint density at radius 1 is 1.06 bits per heavy atom. The van der Waals surface area contributed by atoms with Crippen LogP contribution in [0, 0.1) is 5.92 Å². The van der Waals surface area contributed by atoms with Gasteiger partial charge in [-0.05, 0) is 36.8 Å². The third kappa shape index (κ3) is 6.41. The van der Waals surface area contributed by atoms with Crippen molar-refractivity contribution in [1.82, 2.24) is 10.2 Å². The zero-order valence-corrected chi connectivity index (χ0v) is 19.9. The Hall–Kier alpha value is -2.21. The van der Waals surface area contributed by atoms with Crippen LogP contribution in [-0.4, -0.2) is 55.4 Å². The predicted octanol–water partition coefficient (Wildman–Crippen LogP) is 4.06. The number of carbonyl (C=O) groups excluding carboxylic acids is 1. The van der Waals surface area contributed by atoms with Crippen LogP contribution >= 0.6 is 0 Å². The lowest BCUT2D eigenvalue weighted by Crippen LogP contribution is -2.49. The van der Waals surface area contributed by atoms with E-state index in [1.165, 1.54) is 18.2 Å². The molecular weight excluding hydrogens is 400 g/mol. The highest BCUT2D eigenvalue weighted by Crippen LogP contribution is 2.31. The third-order valence-corrected chi connectivity index (χ3v) is 6.40. The maximum absolute atomic E-state index is 12.3. The van der Waals surface area contributed by atoms with Crippen molar-refractivity contribution in [2.75, 3.05) is 20.3 Å². The van der Waals surface area contributed by atoms with Crippen LogP contribution in [0.25, 0.3) is 0 Å². The van der Waals surface area contributed by atoms with Gasteiger partial charge in [-0.3, -0.25) is 9.69 Å². The fourth-order valence-corrected chi connectivity index (χ4v) is 4.76. The molecule has 5 nitrogen and oxygen atoms in total. The lowest BCUT2D eigenvalue weighted by molar-refractivity contribution is -0.144. The van der Waals surface area contributed by atoms with E-state index in [1.807, 2.05) is 13.8 Å². The van der Waals surface area contributed by atoms with Crippen LogP contribution in [-0.2, 0) is 27.2 Å². The van der Waals surface area contributed by atoms with Gasteiger partial charge in [0.25, 0.3) is 0 Å². The molecule has 0 radical (unpaired) electrons. The van der Waals surface area contributed by atoms with Crippen molar-refractivity contribution in [1.29, 1.82) is 0 Å². The minimum atomic E-state index is -0.308. The fraction of sp³-hybridized carbons (Fsp3) is 0.519. The van der Waals surface area contributed by atoms with Gasteiger partial charge in [-0.1, -0.05) is 74.5 Å². The van der Waals surface area contributed by atoms with Crippen molar-refractivity contribution in [3.8, 4) is 0 Å². The first-order valence-corrected chi connectivity index (χ1v) is 11.8. The van der Waals surface area contributed by atoms with E-state index < -0.39 is 0 Å². The Bertz CT molecular complexity index is 812. The number of rotatable bonds is 11. The second kappa shape index (κ2) is 12.1. The van der Waals surface area contributed by atoms with Crippen LogP contribution < -0.4 is 5.32 Å². The predicted molar refractivity (Wildman–Crippen MR) is 128 cm³/mol. The molecule has 0 saturated carbocycles. The SMILES string of the molecule is CCO[C@@H]1C[C@H](CNC(C(=O)OC)C(C)C)N(Cc2ccccc2)[C@H]1Cc1ccccc1. The number of esters is 1. The van der Waals surface area contributed by atoms with Crippen LogP contribution in [0.3, 0.4) is 0 Å². The van der Waals surface area contributed by atoms with Crippen molar-refractivity contribution in [2.24, 2.45) is 5.92 Å². The zero-order chi connectivity index (χ0) is 22.9. The van der Waals surface area contributed by atoms with Crippen molar-refractivity contribution < 1.29 is 14.3 Å². The highest BCUT2D eigenvalue weighted by atomic mass is 16.5. The monoisotopic (exact) mass is 438 g/mol. The number of hydrogen-bond donors (Lipinski definition) is 1. The summed E-state index contributed by atoms with van der Waals surface area (Å²) < 4.78 is 11.3. The molecule has 4 atom stereocenters. The minimum Gasteiger partial charge on any atom is -0.468 e. The van der Waals surface area contributed by atoms with Crippen LogP contribution in [0.2, 0.25) is 0 Å². The first-order chi connectivity index (χ1) is 15.5. The van der Waals surface area contributed by atoms with Crippen molar-refractivity contribution in [2.45, 2.75) is 64.4 Å². The van der Waals surface area contributed by atoms with Crippen LogP contribution in [0.5, 0.6) is 0 Å². The summed E-state index contributed by atoms with van der Waals surface area (Å²) in [6, 6.07) is 21.5. The maximum Gasteiger partial charge on any atom is 0.323 e. The van der Waals surface area contributed by atoms with Gasteiger partial charge < -0.3 is 14.8 Å². The van der Waals surface area contributed by atoms with Crippen molar-refractivity contribution in [3.63, 3.8) is 0 Å². The summed E-state index contributed by atoms with van der Waals surface area (Å²) in [7, 11) is 1.46. The molecule has 3 rings (SSSR count). The Morgan fingerprint density at radius 3 is 2.25 bits per heavy atom. The average Bonchev–Trinajstić information content (AvgIpc) is 3.11. The van der Waals surface area contributed by atoms with E-state index in [1.54, 1.807) is 0 Å². The second-order valence-corrected chi connectivity index (χ2v) is 8.95. The molecule has 1 fully saturated rings. The van der Waals surface area contributed by atoms with Gasteiger partial charge >= 0.3 is 5.97 Å². The first kappa shape index (κ1) is 24.4. The van der Waals surface area contributed by atoms with Gasteiger partial charge in [0.05, 0.1) is 13.2 Å². The maximum atomic E-state index is 12.3. The molecule has 1 N–H and O–H groups in total. The molecule has 1 unspecified atom stereocenters. The van der Waals surface area contributed by atoms with Gasteiger partial charge in [0.2, 0.25) is 0 Å². The summed E-state index contributed by atoms with van der Waals surface area (Å²) in [5.41, 5.74) is 2.62. The van der Waals surface area contributed by atoms with E-state index in [0.717, 1.165) is 25.9 Å². The van der Waals surface area contributed by atoms with Gasteiger partial charge in [-0.15, -0.1) is 0 Å². The summed E-state index contributed by atoms with van der Waals surface area (Å²) >= 11 is 0. The van der Waals surface area contributed by atoms with Gasteiger partial charge in [-0.25, -0.2) is 0 Å². The number of likely N-dealkylation sites (tertiary alicyclic amines) is 1. The molecule has 1 saturated heterocycles. The van der Waals surface area contributed by atoms with E-state index in [0.29, 0.717) is 6.61 Å². The number of nitrogens with one attached hydrogen (secondary N) is 1. The number of nitrogens with zero attached hydrogens (tertiary/aromatic N) is 1. The Morgan fingerprint density at radius 2 is 1.69 bits per heavy atom. The van der Waals surface area contributed by atoms with Gasteiger partial charge in [-0.2, -0.15) is 0 Å². The quantitative estimate of drug-likeness (QED) is 0.536. The molecule has 1 aliphatic heterocycles. The van der Waals surface area contributed by atoms with Gasteiger partial charge in [0.1, 0.15) is 6.04 Å². The number of carbonyl (C=O) groups is 1. The van der Waals surface area contributed by atoms with Crippen LogP contribution in [0.15, 0.2) is 60.7 Å². The topological polar surface area (TPSA) is 50.8 Å². The molecule has 2 aromatic carbocycles. The van der Waals surface area contributed by atoms with E-state index >= 15 is 0 Å². The minimum absolute atomic E-state index is 0.159. The number of benzene rings is 2. The summed E-state index contributed by atoms with van der Waals surface area (Å²) in [4.78, 5) is 14.9. The highest BCUT2D eigenvalue weighted by Gasteiger charge is 2.42. The molecule has 5 heteroatoms. The van der Waals surface area contributed by atoms with E-state index in [9.17, 15) is 4.79 Å². The molecule has 0 spiro atoms. The molecule has 2 aromatic rings. The molecule has 0 aliphatic carbocycles. The molecule has 32 heavy (non-hydrogen) atoms. The zero-order valence-electron chi connectivity index (χ0n) is 19.9. The van der Waals surface area contributed by atoms with Crippen molar-refractivity contribution >= 4 is 5.97 Å². The Kier molecular flexibility index (Phi) is 9.27. The smallest absolute Gasteiger partial charge is 0.323 e. The Labute approximate surface area is 193 Å². The number of ether oxygens (including phenoxy) is 2. The highest BCUT2D eigenvalue weighted by molar-refractivity contribution is 5.75. The number of hydrogen-bond acceptors (Lipinski definition) is 5. The van der Waals surface area contributed by atoms with Crippen molar-refractivity contribution in [3.05, 3.63) is 71.8 Å². The summed E-state index contributed by atoms with van der Waals surface area (Å²) in [5, 5.41) is 3.50. The normalized spacial score (nSPS) is 22.2. The standard InChI is InChI=1S/C27H38N2O3/c1-5-32-25-17-23(18-28-26(20(2)3)27(30)31-4)29(19-22-14-10-7-11-15-22)24(25)16-21-12-8-6-9-13-21/h6-15,20,23-26,28H,5,16-19H2,1-4H3/t23-,24+,25-,26?/m1/s1. The molecule has 1 aliphatic rings. The van der Waals surface area contributed by atoms with Gasteiger partial charge in [0, 0.05) is 31.8 Å². The lowest BCUT2D eigenvalue weighted by Gasteiger charge is -2.33. The molecule has 1 heterocycles. The van der Waals surface area contributed by atoms with Crippen LogP contribution in [0.1, 0.15) is 38.3 Å². The summed E-state index contributed by atoms with van der Waals surface area (Å²) in [6.45, 7) is 8.45.